The van der Waals surface area contributed by atoms with E-state index < -0.39 is 5.24 Å². The molecule has 4 nitrogen and oxygen atoms in total. The minimum absolute atomic E-state index is 0.233. The molecule has 92 valence electrons. The van der Waals surface area contributed by atoms with Gasteiger partial charge in [0.05, 0.1) is 13.1 Å². The van der Waals surface area contributed by atoms with Crippen LogP contribution >= 0.6 is 11.6 Å². The number of nitrogens with one attached hydrogen (secondary N) is 1. The Morgan fingerprint density at radius 1 is 1.29 bits per heavy atom. The zero-order valence-corrected chi connectivity index (χ0v) is 10.2. The number of hydrogen-bond acceptors (Lipinski definition) is 3. The molecule has 0 atom stereocenters. The average molecular weight is 255 g/mol. The largest absolute Gasteiger partial charge is 0.342 e. The van der Waals surface area contributed by atoms with E-state index in [1.807, 2.05) is 0 Å². The highest BCUT2D eigenvalue weighted by Crippen LogP contribution is 1.74. The molecule has 0 saturated carbocycles. The molecule has 0 heterocycles. The third-order valence-electron chi connectivity index (χ3n) is 0.828. The molecule has 0 radical (unpaired) electrons. The van der Waals surface area contributed by atoms with E-state index in [0.717, 1.165) is 6.08 Å². The number of halogens is 1. The molecule has 0 bridgehead atoms. The maximum Gasteiger partial charge on any atom is 0.244 e. The summed E-state index contributed by atoms with van der Waals surface area (Å²) in [5, 5.41) is 1.88. The summed E-state index contributed by atoms with van der Waals surface area (Å²) in [6.45, 7) is 6.93. The zero-order valence-electron chi connectivity index (χ0n) is 9.41. The number of carbonyl (C=O) groups excluding carboxylic acids is 2. The lowest BCUT2D eigenvalue weighted by atomic mass is 10.5. The fourth-order valence-corrected chi connectivity index (χ4v) is 0.210. The van der Waals surface area contributed by atoms with Crippen molar-refractivity contribution in [2.24, 2.45) is 5.73 Å². The van der Waals surface area contributed by atoms with Crippen LogP contribution in [0.15, 0.2) is 25.3 Å². The van der Waals surface area contributed by atoms with Crippen LogP contribution in [-0.4, -0.2) is 24.2 Å². The van der Waals surface area contributed by atoms with E-state index in [0.29, 0.717) is 6.54 Å². The van der Waals surface area contributed by atoms with E-state index >= 15 is 0 Å². The first kappa shape index (κ1) is 20.4. The predicted molar refractivity (Wildman–Crippen MR) is 71.0 cm³/mol. The van der Waals surface area contributed by atoms with Crippen LogP contribution in [0.3, 0.4) is 0 Å². The van der Waals surface area contributed by atoms with Gasteiger partial charge in [-0.15, -0.1) is 12.8 Å². The summed E-state index contributed by atoms with van der Waals surface area (Å²) in [5.41, 5.74) is 4.79. The summed E-state index contributed by atoms with van der Waals surface area (Å²) in [5.74, 6) is 4.23. The summed E-state index contributed by atoms with van der Waals surface area (Å²) in [6.07, 6.45) is 11.7. The number of hydrogen-bond donors (Lipinski definition) is 2. The van der Waals surface area contributed by atoms with Crippen LogP contribution in [0.1, 0.15) is 0 Å². The number of amides is 1. The molecule has 0 aliphatic carbocycles. The number of terminal acetylenes is 2. The van der Waals surface area contributed by atoms with E-state index in [1.54, 1.807) is 0 Å². The zero-order chi connectivity index (χ0) is 14.1. The Kier molecular flexibility index (Phi) is 23.5. The fraction of sp³-hybridized carbons (Fsp3) is 0.167. The molecule has 0 rings (SSSR count). The van der Waals surface area contributed by atoms with Crippen LogP contribution < -0.4 is 11.1 Å². The minimum atomic E-state index is -0.509. The molecule has 0 aromatic rings. The Hall–Kier alpha value is -2.01. The SMILES string of the molecule is C#CCN.C#CCNC(=O)C=C.C=CC(=O)Cl. The Bertz CT molecular complexity index is 324. The summed E-state index contributed by atoms with van der Waals surface area (Å²) in [6, 6.07) is 0. The first-order valence-electron chi connectivity index (χ1n) is 4.29. The van der Waals surface area contributed by atoms with E-state index in [2.05, 4.69) is 36.7 Å². The van der Waals surface area contributed by atoms with Gasteiger partial charge in [-0.1, -0.05) is 25.0 Å². The molecule has 1 amide bonds. The lowest BCUT2D eigenvalue weighted by Gasteiger charge is -1.90. The van der Waals surface area contributed by atoms with Crippen LogP contribution in [0, 0.1) is 24.7 Å². The lowest BCUT2D eigenvalue weighted by molar-refractivity contribution is -0.116. The van der Waals surface area contributed by atoms with Crippen molar-refractivity contribution in [2.75, 3.05) is 13.1 Å². The van der Waals surface area contributed by atoms with Gasteiger partial charge in [-0.3, -0.25) is 9.59 Å². The number of carbonyl (C=O) groups is 2. The third-order valence-corrected chi connectivity index (χ3v) is 0.983. The van der Waals surface area contributed by atoms with Gasteiger partial charge in [0.15, 0.2) is 0 Å². The topological polar surface area (TPSA) is 72.2 Å². The molecule has 0 spiro atoms. The normalized spacial score (nSPS) is 6.35. The van der Waals surface area contributed by atoms with Gasteiger partial charge in [0.25, 0.3) is 0 Å². The van der Waals surface area contributed by atoms with Gasteiger partial charge in [0.1, 0.15) is 0 Å². The standard InChI is InChI=1S/C6H7NO.C3H3ClO.C3H5N/c1-3-5-7-6(8)4-2;1-2-3(4)5;1-2-3-4/h1,4H,2,5H2,(H,7,8);2H,1H2;1H,3-4H2. The average Bonchev–Trinajstić information content (AvgIpc) is 2.36. The highest BCUT2D eigenvalue weighted by atomic mass is 35.5. The van der Waals surface area contributed by atoms with E-state index in [-0.39, 0.29) is 12.5 Å². The second kappa shape index (κ2) is 19.5. The van der Waals surface area contributed by atoms with Crippen molar-refractivity contribution < 1.29 is 9.59 Å². The number of allylic oxidation sites excluding steroid dienone is 1. The van der Waals surface area contributed by atoms with E-state index in [4.69, 9.17) is 23.8 Å². The molecule has 0 aliphatic rings. The molecular weight excluding hydrogens is 240 g/mol. The molecule has 0 aliphatic heterocycles. The highest BCUT2D eigenvalue weighted by Gasteiger charge is 1.85. The fourth-order valence-electron chi connectivity index (χ4n) is 0.210. The van der Waals surface area contributed by atoms with Crippen molar-refractivity contribution in [3.63, 3.8) is 0 Å². The molecule has 5 heteroatoms. The van der Waals surface area contributed by atoms with Crippen molar-refractivity contribution in [2.45, 2.75) is 0 Å². The van der Waals surface area contributed by atoms with Gasteiger partial charge in [-0.2, -0.15) is 0 Å². The van der Waals surface area contributed by atoms with Crippen molar-refractivity contribution in [1.82, 2.24) is 5.32 Å². The molecule has 3 N–H and O–H groups in total. The molecule has 0 aromatic carbocycles. The first-order chi connectivity index (χ1) is 7.99. The molecule has 0 aromatic heterocycles. The predicted octanol–water partition coefficient (Wildman–Crippen LogP) is 0.438. The van der Waals surface area contributed by atoms with Crippen LogP contribution in [-0.2, 0) is 9.59 Å². The van der Waals surface area contributed by atoms with Crippen molar-refractivity contribution >= 4 is 22.8 Å². The van der Waals surface area contributed by atoms with Gasteiger partial charge in [0, 0.05) is 0 Å². The Morgan fingerprint density at radius 2 is 1.71 bits per heavy atom. The lowest BCUT2D eigenvalue weighted by Crippen LogP contribution is -2.20. The van der Waals surface area contributed by atoms with Gasteiger partial charge < -0.3 is 11.1 Å². The van der Waals surface area contributed by atoms with Crippen molar-refractivity contribution in [1.29, 1.82) is 0 Å². The van der Waals surface area contributed by atoms with Gasteiger partial charge in [-0.25, -0.2) is 0 Å². The van der Waals surface area contributed by atoms with Crippen molar-refractivity contribution in [3.05, 3.63) is 25.3 Å². The second-order valence-electron chi connectivity index (χ2n) is 2.04. The molecular formula is C12H15ClN2O2. The quantitative estimate of drug-likeness (QED) is 0.436. The molecule has 17 heavy (non-hydrogen) atoms. The molecule has 0 fully saturated rings. The molecule has 0 saturated heterocycles. The van der Waals surface area contributed by atoms with Crippen LogP contribution in [0.25, 0.3) is 0 Å². The van der Waals surface area contributed by atoms with E-state index in [1.165, 1.54) is 6.08 Å². The maximum absolute atomic E-state index is 10.2. The Morgan fingerprint density at radius 3 is 1.88 bits per heavy atom. The summed E-state index contributed by atoms with van der Waals surface area (Å²) < 4.78 is 0. The number of rotatable bonds is 3. The van der Waals surface area contributed by atoms with Crippen LogP contribution in [0.5, 0.6) is 0 Å². The summed E-state index contributed by atoms with van der Waals surface area (Å²) in [7, 11) is 0. The maximum atomic E-state index is 10.2. The second-order valence-corrected chi connectivity index (χ2v) is 2.42. The van der Waals surface area contributed by atoms with E-state index in [9.17, 15) is 9.59 Å². The third kappa shape index (κ3) is 41.2. The van der Waals surface area contributed by atoms with Crippen LogP contribution in [0.2, 0.25) is 0 Å². The van der Waals surface area contributed by atoms with Crippen LogP contribution in [0.4, 0.5) is 0 Å². The van der Waals surface area contributed by atoms with Gasteiger partial charge in [-0.05, 0) is 23.8 Å². The molecule has 0 unspecified atom stereocenters. The van der Waals surface area contributed by atoms with Gasteiger partial charge in [0.2, 0.25) is 11.1 Å². The summed E-state index contributed by atoms with van der Waals surface area (Å²) in [4.78, 5) is 19.7. The van der Waals surface area contributed by atoms with Crippen molar-refractivity contribution in [3.8, 4) is 24.7 Å². The smallest absolute Gasteiger partial charge is 0.244 e. The minimum Gasteiger partial charge on any atom is -0.342 e. The first-order valence-corrected chi connectivity index (χ1v) is 4.67. The highest BCUT2D eigenvalue weighted by molar-refractivity contribution is 6.66. The van der Waals surface area contributed by atoms with Gasteiger partial charge >= 0.3 is 0 Å². The summed E-state index contributed by atoms with van der Waals surface area (Å²) >= 11 is 4.71. The Labute approximate surface area is 107 Å². The monoisotopic (exact) mass is 254 g/mol. The Balaban J connectivity index is -0.000000188. The number of nitrogens with two attached hydrogens (primary N) is 1.